The van der Waals surface area contributed by atoms with Gasteiger partial charge in [0.2, 0.25) is 0 Å². The van der Waals surface area contributed by atoms with Crippen molar-refractivity contribution in [3.63, 3.8) is 0 Å². The first kappa shape index (κ1) is 19.5. The van der Waals surface area contributed by atoms with Gasteiger partial charge in [0.1, 0.15) is 0 Å². The highest BCUT2D eigenvalue weighted by Gasteiger charge is 2.29. The molecule has 1 atom stereocenters. The summed E-state index contributed by atoms with van der Waals surface area (Å²) in [5.41, 5.74) is 9.89. The van der Waals surface area contributed by atoms with Gasteiger partial charge in [0.25, 0.3) is 0 Å². The van der Waals surface area contributed by atoms with Crippen molar-refractivity contribution in [2.75, 3.05) is 24.7 Å². The molecule has 0 saturated carbocycles. The maximum atomic E-state index is 2.60. The molecule has 0 radical (unpaired) electrons. The van der Waals surface area contributed by atoms with Crippen LogP contribution in [-0.4, -0.2) is 24.7 Å². The summed E-state index contributed by atoms with van der Waals surface area (Å²) < 4.78 is 0. The van der Waals surface area contributed by atoms with E-state index in [1.807, 2.05) is 0 Å². The molecular weight excluding hydrogens is 328 g/mol. The van der Waals surface area contributed by atoms with E-state index in [4.69, 9.17) is 0 Å². The first-order valence-electron chi connectivity index (χ1n) is 10.2. The molecule has 2 aliphatic rings. The zero-order valence-electron chi connectivity index (χ0n) is 17.8. The number of anilines is 1. The normalized spacial score (nSPS) is 21.1. The van der Waals surface area contributed by atoms with Gasteiger partial charge in [-0.25, -0.2) is 0 Å². The van der Waals surface area contributed by atoms with Crippen molar-refractivity contribution in [2.24, 2.45) is 5.92 Å². The quantitative estimate of drug-likeness (QED) is 0.626. The summed E-state index contributed by atoms with van der Waals surface area (Å²) in [5, 5.41) is 0. The monoisotopic (exact) mass is 362 g/mol. The zero-order chi connectivity index (χ0) is 19.6. The van der Waals surface area contributed by atoms with Crippen LogP contribution in [0.2, 0.25) is 0 Å². The Bertz CT molecular complexity index is 800. The molecule has 1 aliphatic heterocycles. The predicted molar refractivity (Wildman–Crippen MR) is 119 cm³/mol. The average molecular weight is 363 g/mol. The SMILES string of the molecule is C/C=C/C1=CC(C)=C(N2CCN(c3c(C)cc(/C=C/C)cc3C)C2)[C@@H](C)C1. The Balaban J connectivity index is 1.84. The summed E-state index contributed by atoms with van der Waals surface area (Å²) in [6, 6.07) is 4.62. The molecule has 0 amide bonds. The minimum Gasteiger partial charge on any atom is -0.355 e. The van der Waals surface area contributed by atoms with Gasteiger partial charge in [-0.2, -0.15) is 0 Å². The summed E-state index contributed by atoms with van der Waals surface area (Å²) in [6.45, 7) is 16.5. The first-order chi connectivity index (χ1) is 12.9. The molecule has 0 aromatic heterocycles. The lowest BCUT2D eigenvalue weighted by Crippen LogP contribution is -2.30. The van der Waals surface area contributed by atoms with E-state index in [1.54, 1.807) is 0 Å². The fraction of sp³-hybridized carbons (Fsp3) is 0.440. The van der Waals surface area contributed by atoms with E-state index in [2.05, 4.69) is 93.9 Å². The molecule has 2 nitrogen and oxygen atoms in total. The molecule has 1 aliphatic carbocycles. The van der Waals surface area contributed by atoms with Gasteiger partial charge in [0, 0.05) is 30.4 Å². The highest BCUT2D eigenvalue weighted by atomic mass is 15.4. The Hall–Kier alpha value is -2.22. The highest BCUT2D eigenvalue weighted by Crippen LogP contribution is 2.35. The van der Waals surface area contributed by atoms with Crippen LogP contribution < -0.4 is 4.90 Å². The molecule has 0 bridgehead atoms. The third-order valence-electron chi connectivity index (χ3n) is 5.71. The standard InChI is InChI=1S/C25H34N2/c1-7-9-22-13-18(3)24(19(4)14-22)26-11-12-27(17-26)25-20(5)15-23(10-8-2)16-21(25)6/h7-10,13-15,21H,11-12,16-17H2,1-6H3/b9-7+,10-8+/t21-/m0/s1. The second kappa shape index (κ2) is 8.21. The van der Waals surface area contributed by atoms with Crippen molar-refractivity contribution in [2.45, 2.75) is 48.0 Å². The molecule has 2 heteroatoms. The van der Waals surface area contributed by atoms with Gasteiger partial charge in [-0.1, -0.05) is 37.3 Å². The van der Waals surface area contributed by atoms with Crippen molar-refractivity contribution in [1.82, 2.24) is 4.90 Å². The van der Waals surface area contributed by atoms with E-state index >= 15 is 0 Å². The Kier molecular flexibility index (Phi) is 5.94. The van der Waals surface area contributed by atoms with Crippen molar-refractivity contribution in [1.29, 1.82) is 0 Å². The van der Waals surface area contributed by atoms with Crippen molar-refractivity contribution in [3.05, 3.63) is 70.0 Å². The van der Waals surface area contributed by atoms with Crippen molar-refractivity contribution in [3.8, 4) is 0 Å². The van der Waals surface area contributed by atoms with Gasteiger partial charge >= 0.3 is 0 Å². The number of aryl methyl sites for hydroxylation is 2. The Labute approximate surface area is 165 Å². The summed E-state index contributed by atoms with van der Waals surface area (Å²) in [4.78, 5) is 5.16. The highest BCUT2D eigenvalue weighted by molar-refractivity contribution is 5.65. The molecule has 0 N–H and O–H groups in total. The van der Waals surface area contributed by atoms with Crippen LogP contribution in [0.5, 0.6) is 0 Å². The van der Waals surface area contributed by atoms with E-state index < -0.39 is 0 Å². The maximum Gasteiger partial charge on any atom is 0.0902 e. The molecule has 144 valence electrons. The summed E-state index contributed by atoms with van der Waals surface area (Å²) in [6.07, 6.45) is 12.2. The fourth-order valence-electron chi connectivity index (χ4n) is 4.89. The second-order valence-electron chi connectivity index (χ2n) is 8.06. The number of allylic oxidation sites excluding steroid dienone is 7. The molecule has 3 rings (SSSR count). The van der Waals surface area contributed by atoms with Crippen LogP contribution in [0.15, 0.2) is 53.3 Å². The number of hydrogen-bond acceptors (Lipinski definition) is 2. The molecule has 0 unspecified atom stereocenters. The van der Waals surface area contributed by atoms with Crippen LogP contribution in [0.3, 0.4) is 0 Å². The minimum atomic E-state index is 0.584. The van der Waals surface area contributed by atoms with Gasteiger partial charge in [-0.15, -0.1) is 0 Å². The molecule has 1 heterocycles. The van der Waals surface area contributed by atoms with E-state index in [1.165, 1.54) is 39.2 Å². The van der Waals surface area contributed by atoms with Gasteiger partial charge in [0.05, 0.1) is 6.67 Å². The largest absolute Gasteiger partial charge is 0.355 e. The molecular formula is C25H34N2. The average Bonchev–Trinajstić information content (AvgIpc) is 3.03. The van der Waals surface area contributed by atoms with Gasteiger partial charge in [-0.3, -0.25) is 0 Å². The van der Waals surface area contributed by atoms with E-state index in [-0.39, 0.29) is 0 Å². The van der Waals surface area contributed by atoms with Gasteiger partial charge in [-0.05, 0) is 81.0 Å². The van der Waals surface area contributed by atoms with E-state index in [0.717, 1.165) is 26.2 Å². The Morgan fingerprint density at radius 3 is 2.15 bits per heavy atom. The number of rotatable bonds is 4. The topological polar surface area (TPSA) is 6.48 Å². The minimum absolute atomic E-state index is 0.584. The number of benzene rings is 1. The lowest BCUT2D eigenvalue weighted by Gasteiger charge is -2.32. The Morgan fingerprint density at radius 1 is 0.926 bits per heavy atom. The lowest BCUT2D eigenvalue weighted by atomic mass is 9.88. The van der Waals surface area contributed by atoms with Crippen LogP contribution in [0.25, 0.3) is 6.08 Å². The van der Waals surface area contributed by atoms with Crippen LogP contribution in [0.1, 0.15) is 50.8 Å². The van der Waals surface area contributed by atoms with E-state index in [9.17, 15) is 0 Å². The molecule has 27 heavy (non-hydrogen) atoms. The lowest BCUT2D eigenvalue weighted by molar-refractivity contribution is 0.364. The molecule has 1 saturated heterocycles. The third kappa shape index (κ3) is 4.05. The number of nitrogens with zero attached hydrogens (tertiary/aromatic N) is 2. The fourth-order valence-corrected chi connectivity index (χ4v) is 4.89. The van der Waals surface area contributed by atoms with Crippen LogP contribution >= 0.6 is 0 Å². The number of hydrogen-bond donors (Lipinski definition) is 0. The zero-order valence-corrected chi connectivity index (χ0v) is 17.8. The van der Waals surface area contributed by atoms with Gasteiger partial charge < -0.3 is 9.80 Å². The molecule has 1 aromatic rings. The predicted octanol–water partition coefficient (Wildman–Crippen LogP) is 6.23. The van der Waals surface area contributed by atoms with Crippen LogP contribution in [-0.2, 0) is 0 Å². The molecule has 1 fully saturated rings. The van der Waals surface area contributed by atoms with Crippen LogP contribution in [0, 0.1) is 19.8 Å². The molecule has 0 spiro atoms. The van der Waals surface area contributed by atoms with E-state index in [0.29, 0.717) is 5.92 Å². The summed E-state index contributed by atoms with van der Waals surface area (Å²) >= 11 is 0. The summed E-state index contributed by atoms with van der Waals surface area (Å²) in [5.74, 6) is 0.584. The first-order valence-corrected chi connectivity index (χ1v) is 10.2. The van der Waals surface area contributed by atoms with Crippen molar-refractivity contribution >= 4 is 11.8 Å². The molecule has 1 aromatic carbocycles. The third-order valence-corrected chi connectivity index (χ3v) is 5.71. The Morgan fingerprint density at radius 2 is 1.56 bits per heavy atom. The van der Waals surface area contributed by atoms with Crippen molar-refractivity contribution < 1.29 is 0 Å². The summed E-state index contributed by atoms with van der Waals surface area (Å²) in [7, 11) is 0. The van der Waals surface area contributed by atoms with Gasteiger partial charge in [0.15, 0.2) is 0 Å². The maximum absolute atomic E-state index is 2.60. The second-order valence-corrected chi connectivity index (χ2v) is 8.06. The smallest absolute Gasteiger partial charge is 0.0902 e. The van der Waals surface area contributed by atoms with Crippen LogP contribution in [0.4, 0.5) is 5.69 Å².